The van der Waals surface area contributed by atoms with Crippen LogP contribution in [0.1, 0.15) is 59.9 Å². The molecule has 1 aliphatic carbocycles. The van der Waals surface area contributed by atoms with Crippen LogP contribution in [0.15, 0.2) is 30.3 Å². The molecule has 1 aliphatic rings. The quantitative estimate of drug-likeness (QED) is 0.646. The third-order valence-corrected chi connectivity index (χ3v) is 5.19. The van der Waals surface area contributed by atoms with E-state index in [1.807, 2.05) is 18.2 Å². The molecular formula is C21H34ClNO2. The number of carbonyl (C=O) groups is 1. The lowest BCUT2D eigenvalue weighted by Crippen LogP contribution is -2.53. The molecule has 0 spiro atoms. The van der Waals surface area contributed by atoms with Crippen molar-refractivity contribution in [3.63, 3.8) is 0 Å². The second kappa shape index (κ2) is 8.55. The summed E-state index contributed by atoms with van der Waals surface area (Å²) in [5.74, 6) is -0.0551. The first kappa shape index (κ1) is 22.0. The number of hydrogen-bond donors (Lipinski definition) is 0. The van der Waals surface area contributed by atoms with Gasteiger partial charge in [0.15, 0.2) is 0 Å². The summed E-state index contributed by atoms with van der Waals surface area (Å²) < 4.78 is 5.75. The van der Waals surface area contributed by atoms with E-state index < -0.39 is 5.41 Å². The zero-order chi connectivity index (χ0) is 18.0. The summed E-state index contributed by atoms with van der Waals surface area (Å²) in [6.07, 6.45) is 1.72. The minimum absolute atomic E-state index is 0. The number of rotatable bonds is 7. The highest BCUT2D eigenvalue weighted by Crippen LogP contribution is 2.55. The molecule has 4 heteroatoms. The molecule has 0 heterocycles. The fourth-order valence-electron chi connectivity index (χ4n) is 4.30. The van der Waals surface area contributed by atoms with Crippen molar-refractivity contribution in [1.82, 2.24) is 4.90 Å². The Bertz CT molecular complexity index is 538. The van der Waals surface area contributed by atoms with Crippen molar-refractivity contribution in [2.24, 2.45) is 5.41 Å². The van der Waals surface area contributed by atoms with E-state index >= 15 is 0 Å². The van der Waals surface area contributed by atoms with E-state index in [0.29, 0.717) is 18.7 Å². The Morgan fingerprint density at radius 2 is 1.60 bits per heavy atom. The third kappa shape index (κ3) is 4.98. The van der Waals surface area contributed by atoms with Gasteiger partial charge < -0.3 is 4.74 Å². The molecule has 1 aromatic carbocycles. The Kier molecular flexibility index (Phi) is 7.52. The lowest BCUT2D eigenvalue weighted by molar-refractivity contribution is -0.161. The van der Waals surface area contributed by atoms with Gasteiger partial charge in [0.25, 0.3) is 0 Å². The van der Waals surface area contributed by atoms with Crippen molar-refractivity contribution in [1.29, 1.82) is 0 Å². The van der Waals surface area contributed by atoms with Gasteiger partial charge in [-0.15, -0.1) is 12.4 Å². The Balaban J connectivity index is 0.00000312. The summed E-state index contributed by atoms with van der Waals surface area (Å²) >= 11 is 0. The second-order valence-electron chi connectivity index (χ2n) is 8.53. The molecule has 0 aromatic heterocycles. The van der Waals surface area contributed by atoms with Crippen molar-refractivity contribution in [2.45, 2.75) is 71.9 Å². The largest absolute Gasteiger partial charge is 0.464 e. The summed E-state index contributed by atoms with van der Waals surface area (Å²) in [7, 11) is 0. The lowest BCUT2D eigenvalue weighted by Gasteiger charge is -2.51. The molecular weight excluding hydrogens is 334 g/mol. The molecule has 0 radical (unpaired) electrons. The van der Waals surface area contributed by atoms with Gasteiger partial charge >= 0.3 is 5.97 Å². The molecule has 25 heavy (non-hydrogen) atoms. The molecule has 3 nitrogen and oxygen atoms in total. The highest BCUT2D eigenvalue weighted by Gasteiger charge is 2.56. The van der Waals surface area contributed by atoms with Crippen molar-refractivity contribution in [2.75, 3.05) is 13.2 Å². The zero-order valence-electron chi connectivity index (χ0n) is 16.5. The Morgan fingerprint density at radius 1 is 1.08 bits per heavy atom. The van der Waals surface area contributed by atoms with Gasteiger partial charge in [0.05, 0.1) is 5.41 Å². The first-order valence-corrected chi connectivity index (χ1v) is 9.16. The summed E-state index contributed by atoms with van der Waals surface area (Å²) in [5, 5.41) is 0. The van der Waals surface area contributed by atoms with Gasteiger partial charge in [0.1, 0.15) is 6.61 Å². The second-order valence-corrected chi connectivity index (χ2v) is 8.53. The molecule has 1 fully saturated rings. The van der Waals surface area contributed by atoms with Gasteiger partial charge in [-0.1, -0.05) is 44.2 Å². The Hall–Kier alpha value is -1.06. The van der Waals surface area contributed by atoms with Crippen molar-refractivity contribution >= 4 is 18.4 Å². The predicted octanol–water partition coefficient (Wildman–Crippen LogP) is 4.83. The SMILES string of the molecule is CC(C)N(CCOC(=O)C1(c2ccccc2)CC(C)(C)C1)C(C)C.Cl. The smallest absolute Gasteiger partial charge is 0.316 e. The van der Waals surface area contributed by atoms with Crippen LogP contribution >= 0.6 is 12.4 Å². The summed E-state index contributed by atoms with van der Waals surface area (Å²) in [4.78, 5) is 15.3. The Morgan fingerprint density at radius 3 is 2.04 bits per heavy atom. The van der Waals surface area contributed by atoms with E-state index in [1.54, 1.807) is 0 Å². The third-order valence-electron chi connectivity index (χ3n) is 5.19. The van der Waals surface area contributed by atoms with E-state index in [1.165, 1.54) is 0 Å². The molecule has 0 N–H and O–H groups in total. The van der Waals surface area contributed by atoms with Crippen LogP contribution in [0.25, 0.3) is 0 Å². The first-order valence-electron chi connectivity index (χ1n) is 9.16. The standard InChI is InChI=1S/C21H33NO2.ClH/c1-16(2)22(17(3)4)12-13-24-19(23)21(14-20(5,6)15-21)18-10-8-7-9-11-18;/h7-11,16-17H,12-15H2,1-6H3;1H. The molecule has 142 valence electrons. The van der Waals surface area contributed by atoms with Gasteiger partial charge in [0, 0.05) is 18.6 Å². The number of esters is 1. The van der Waals surface area contributed by atoms with Crippen molar-refractivity contribution < 1.29 is 9.53 Å². The molecule has 0 saturated heterocycles. The summed E-state index contributed by atoms with van der Waals surface area (Å²) in [5.41, 5.74) is 0.848. The minimum Gasteiger partial charge on any atom is -0.464 e. The number of benzene rings is 1. The molecule has 0 amide bonds. The lowest BCUT2D eigenvalue weighted by atomic mass is 9.52. The molecule has 1 aromatic rings. The van der Waals surface area contributed by atoms with Crippen LogP contribution in [0.2, 0.25) is 0 Å². The van der Waals surface area contributed by atoms with Crippen LogP contribution in [-0.4, -0.2) is 36.1 Å². The van der Waals surface area contributed by atoms with Crippen molar-refractivity contribution in [3.05, 3.63) is 35.9 Å². The van der Waals surface area contributed by atoms with E-state index in [0.717, 1.165) is 24.9 Å². The van der Waals surface area contributed by atoms with Gasteiger partial charge in [-0.3, -0.25) is 9.69 Å². The number of hydrogen-bond acceptors (Lipinski definition) is 3. The average Bonchev–Trinajstić information content (AvgIpc) is 2.48. The van der Waals surface area contributed by atoms with E-state index in [9.17, 15) is 4.79 Å². The Labute approximate surface area is 159 Å². The normalized spacial score (nSPS) is 18.0. The molecule has 0 aliphatic heterocycles. The van der Waals surface area contributed by atoms with E-state index in [4.69, 9.17) is 4.74 Å². The minimum atomic E-state index is -0.453. The number of carbonyl (C=O) groups excluding carboxylic acids is 1. The highest BCUT2D eigenvalue weighted by atomic mass is 35.5. The van der Waals surface area contributed by atoms with Crippen molar-refractivity contribution in [3.8, 4) is 0 Å². The van der Waals surface area contributed by atoms with E-state index in [2.05, 4.69) is 58.6 Å². The van der Waals surface area contributed by atoms with E-state index in [-0.39, 0.29) is 23.8 Å². The highest BCUT2D eigenvalue weighted by molar-refractivity contribution is 5.85. The molecule has 0 bridgehead atoms. The zero-order valence-corrected chi connectivity index (χ0v) is 17.4. The molecule has 0 atom stereocenters. The first-order chi connectivity index (χ1) is 11.2. The summed E-state index contributed by atoms with van der Waals surface area (Å²) in [6.45, 7) is 14.4. The van der Waals surface area contributed by atoms with Crippen LogP contribution in [0.5, 0.6) is 0 Å². The number of ether oxygens (including phenoxy) is 1. The maximum Gasteiger partial charge on any atom is 0.316 e. The van der Waals surface area contributed by atoms with Crippen LogP contribution in [0.4, 0.5) is 0 Å². The molecule has 0 unspecified atom stereocenters. The van der Waals surface area contributed by atoms with Gasteiger partial charge in [0.2, 0.25) is 0 Å². The van der Waals surface area contributed by atoms with Crippen LogP contribution < -0.4 is 0 Å². The van der Waals surface area contributed by atoms with Crippen LogP contribution in [0, 0.1) is 5.41 Å². The maximum absolute atomic E-state index is 12.9. The van der Waals surface area contributed by atoms with Crippen LogP contribution in [0.3, 0.4) is 0 Å². The predicted molar refractivity (Wildman–Crippen MR) is 106 cm³/mol. The molecule has 2 rings (SSSR count). The topological polar surface area (TPSA) is 29.5 Å². The van der Waals surface area contributed by atoms with Gasteiger partial charge in [-0.2, -0.15) is 0 Å². The van der Waals surface area contributed by atoms with Gasteiger partial charge in [-0.25, -0.2) is 0 Å². The maximum atomic E-state index is 12.9. The monoisotopic (exact) mass is 367 g/mol. The fraction of sp³-hybridized carbons (Fsp3) is 0.667. The average molecular weight is 368 g/mol. The van der Waals surface area contributed by atoms with Gasteiger partial charge in [-0.05, 0) is 51.5 Å². The fourth-order valence-corrected chi connectivity index (χ4v) is 4.30. The summed E-state index contributed by atoms with van der Waals surface area (Å²) in [6, 6.07) is 11.0. The van der Waals surface area contributed by atoms with Crippen LogP contribution in [-0.2, 0) is 14.9 Å². The number of nitrogens with zero attached hydrogens (tertiary/aromatic N) is 1. The number of halogens is 1. The molecule has 1 saturated carbocycles.